The second-order valence-corrected chi connectivity index (χ2v) is 10.8. The minimum atomic E-state index is -3.71. The van der Waals surface area contributed by atoms with Crippen LogP contribution < -0.4 is 14.8 Å². The Morgan fingerprint density at radius 2 is 1.86 bits per heavy atom. The van der Waals surface area contributed by atoms with Gasteiger partial charge < -0.3 is 29.6 Å². The lowest BCUT2D eigenvalue weighted by Gasteiger charge is -2.24. The number of alkyl halides is 2. The molecule has 3 N–H and O–H groups in total. The molecule has 1 atom stereocenters. The van der Waals surface area contributed by atoms with Crippen LogP contribution >= 0.6 is 0 Å². The number of aliphatic hydroxyl groups is 2. The number of aliphatic hydroxyl groups excluding tert-OH is 2. The Bertz CT molecular complexity index is 1370. The molecule has 1 aliphatic carbocycles. The van der Waals surface area contributed by atoms with Crippen molar-refractivity contribution >= 4 is 22.5 Å². The van der Waals surface area contributed by atoms with E-state index in [0.717, 1.165) is 22.2 Å². The van der Waals surface area contributed by atoms with Gasteiger partial charge in [-0.3, -0.25) is 4.79 Å². The number of benzene rings is 2. The number of nitrogens with zero attached hydrogens (tertiary/aromatic N) is 1. The summed E-state index contributed by atoms with van der Waals surface area (Å²) in [4.78, 5) is 13.4. The zero-order valence-electron chi connectivity index (χ0n) is 20.7. The molecule has 1 aromatic heterocycles. The second-order valence-electron chi connectivity index (χ2n) is 10.8. The first kappa shape index (κ1) is 24.5. The predicted octanol–water partition coefficient (Wildman–Crippen LogP) is 5.08. The van der Waals surface area contributed by atoms with Crippen molar-refractivity contribution in [2.45, 2.75) is 70.3 Å². The van der Waals surface area contributed by atoms with E-state index >= 15 is 0 Å². The van der Waals surface area contributed by atoms with Crippen LogP contribution in [0.2, 0.25) is 0 Å². The lowest BCUT2D eigenvalue weighted by molar-refractivity contribution is -0.286. The summed E-state index contributed by atoms with van der Waals surface area (Å²) in [5, 5.41) is 23.5. The summed E-state index contributed by atoms with van der Waals surface area (Å²) in [5.41, 5.74) is 3.07. The molecular weight excluding hydrogens is 470 g/mol. The van der Waals surface area contributed by atoms with Gasteiger partial charge in [-0.1, -0.05) is 26.8 Å². The number of amides is 1. The van der Waals surface area contributed by atoms with Crippen LogP contribution in [-0.4, -0.2) is 39.7 Å². The van der Waals surface area contributed by atoms with E-state index in [1.807, 2.05) is 29.7 Å². The minimum absolute atomic E-state index is 0. The third-order valence-electron chi connectivity index (χ3n) is 6.95. The summed E-state index contributed by atoms with van der Waals surface area (Å²) in [6.07, 6.45) is -3.40. The van der Waals surface area contributed by atoms with Gasteiger partial charge in [0.25, 0.3) is 0 Å². The number of ether oxygens (including phenoxy) is 2. The van der Waals surface area contributed by atoms with Crippen molar-refractivity contribution in [3.8, 4) is 11.5 Å². The van der Waals surface area contributed by atoms with Crippen LogP contribution in [0.1, 0.15) is 53.3 Å². The van der Waals surface area contributed by atoms with Gasteiger partial charge in [-0.05, 0) is 61.2 Å². The number of hydrogen-bond acceptors (Lipinski definition) is 5. The van der Waals surface area contributed by atoms with E-state index in [1.165, 1.54) is 12.1 Å². The molecule has 0 bridgehead atoms. The minimum Gasteiger partial charge on any atom is -0.395 e. The molecule has 3 aromatic rings. The molecule has 5 rings (SSSR count). The molecule has 0 saturated heterocycles. The molecule has 1 fully saturated rings. The van der Waals surface area contributed by atoms with Crippen LogP contribution in [0.15, 0.2) is 36.4 Å². The Labute approximate surface area is 210 Å². The van der Waals surface area contributed by atoms with Gasteiger partial charge in [-0.2, -0.15) is 0 Å². The monoisotopic (exact) mass is 504 g/mol. The topological polar surface area (TPSA) is 93.0 Å². The number of carbonyl (C=O) groups excluding carboxylic acids is 1. The lowest BCUT2D eigenvalue weighted by atomic mass is 9.92. The molecule has 2 aliphatic rings. The Morgan fingerprint density at radius 1 is 1.17 bits per heavy atom. The molecule has 0 unspecified atom stereocenters. The molecule has 1 aliphatic heterocycles. The van der Waals surface area contributed by atoms with Gasteiger partial charge in [0.15, 0.2) is 11.5 Å². The summed E-state index contributed by atoms with van der Waals surface area (Å²) >= 11 is 0. The highest BCUT2D eigenvalue weighted by molar-refractivity contribution is 6.03. The number of hydrogen-bond donors (Lipinski definition) is 3. The number of aromatic nitrogens is 1. The van der Waals surface area contributed by atoms with Crippen molar-refractivity contribution in [3.63, 3.8) is 0 Å². The standard InChI is InChI=1S/C27H30F2N2O5.2H2/c1-15-9-18(10-16-11-22(25(2,3)4)31(23(15)16)13-19(33)14-32)30-24(34)26(7-8-26)17-5-6-20-21(12-17)36-27(28,29)35-20;;/h5-6,9-12,19,32-33H,7-8,13-14H2,1-4H3,(H,30,34);2*1H/t19-;;/m1../s1. The zero-order valence-corrected chi connectivity index (χ0v) is 20.7. The Hall–Kier alpha value is -3.17. The van der Waals surface area contributed by atoms with Crippen molar-refractivity contribution < 1.29 is 36.1 Å². The predicted molar refractivity (Wildman–Crippen MR) is 135 cm³/mol. The number of nitrogens with one attached hydrogen (secondary N) is 1. The smallest absolute Gasteiger partial charge is 0.395 e. The first-order chi connectivity index (χ1) is 16.8. The van der Waals surface area contributed by atoms with Gasteiger partial charge in [-0.25, -0.2) is 0 Å². The van der Waals surface area contributed by atoms with Crippen molar-refractivity contribution in [2.24, 2.45) is 0 Å². The van der Waals surface area contributed by atoms with Crippen LogP contribution in [0, 0.1) is 6.92 Å². The fourth-order valence-electron chi connectivity index (χ4n) is 5.05. The van der Waals surface area contributed by atoms with E-state index in [4.69, 9.17) is 0 Å². The molecule has 196 valence electrons. The first-order valence-electron chi connectivity index (χ1n) is 12.0. The highest BCUT2D eigenvalue weighted by Gasteiger charge is 2.52. The van der Waals surface area contributed by atoms with Gasteiger partial charge in [0.05, 0.1) is 30.2 Å². The summed E-state index contributed by atoms with van der Waals surface area (Å²) in [6.45, 7) is 8.11. The SMILES string of the molecule is Cc1cc(NC(=O)C2(c3ccc4c(c3)OC(F)(F)O4)CC2)cc2cc(C(C)(C)C)n(C[C@@H](O)CO)c12.[HH].[HH]. The number of halogens is 2. The van der Waals surface area contributed by atoms with Crippen molar-refractivity contribution in [3.05, 3.63) is 53.2 Å². The molecular formula is C27H34F2N2O5. The van der Waals surface area contributed by atoms with Crippen LogP contribution in [0.5, 0.6) is 11.5 Å². The number of rotatable bonds is 6. The van der Waals surface area contributed by atoms with Gasteiger partial charge >= 0.3 is 6.29 Å². The maximum absolute atomic E-state index is 13.4. The normalized spacial score (nSPS) is 18.3. The van der Waals surface area contributed by atoms with E-state index in [9.17, 15) is 23.8 Å². The third kappa shape index (κ3) is 4.20. The molecule has 9 heteroatoms. The van der Waals surface area contributed by atoms with Crippen LogP contribution in [0.25, 0.3) is 10.9 Å². The van der Waals surface area contributed by atoms with Gasteiger partial charge in [-0.15, -0.1) is 8.78 Å². The number of anilines is 1. The molecule has 0 radical (unpaired) electrons. The van der Waals surface area contributed by atoms with Crippen molar-refractivity contribution in [1.82, 2.24) is 4.57 Å². The second kappa shape index (κ2) is 8.18. The summed E-state index contributed by atoms with van der Waals surface area (Å²) in [6, 6.07) is 10.3. The fourth-order valence-corrected chi connectivity index (χ4v) is 5.05. The number of aryl methyl sites for hydroxylation is 1. The van der Waals surface area contributed by atoms with Crippen LogP contribution in [0.4, 0.5) is 14.5 Å². The average Bonchev–Trinajstić information content (AvgIpc) is 3.41. The molecule has 7 nitrogen and oxygen atoms in total. The molecule has 1 saturated carbocycles. The number of carbonyl (C=O) groups is 1. The number of fused-ring (bicyclic) bond motifs is 2. The maximum atomic E-state index is 13.4. The van der Waals surface area contributed by atoms with E-state index < -0.39 is 17.8 Å². The van der Waals surface area contributed by atoms with Crippen LogP contribution in [-0.2, 0) is 22.2 Å². The van der Waals surface area contributed by atoms with Gasteiger partial charge in [0.2, 0.25) is 5.91 Å². The fraction of sp³-hybridized carbons (Fsp3) is 0.444. The van der Waals surface area contributed by atoms with Gasteiger partial charge in [0.1, 0.15) is 0 Å². The first-order valence-corrected chi connectivity index (χ1v) is 12.0. The third-order valence-corrected chi connectivity index (χ3v) is 6.95. The molecule has 2 aromatic carbocycles. The van der Waals surface area contributed by atoms with E-state index in [0.29, 0.717) is 24.1 Å². The summed E-state index contributed by atoms with van der Waals surface area (Å²) < 4.78 is 37.9. The highest BCUT2D eigenvalue weighted by atomic mass is 19.3. The zero-order chi connectivity index (χ0) is 26.0. The Kier molecular flexibility index (Phi) is 5.57. The Morgan fingerprint density at radius 3 is 2.50 bits per heavy atom. The highest BCUT2D eigenvalue weighted by Crippen LogP contribution is 2.52. The Balaban J connectivity index is 0.00000200. The van der Waals surface area contributed by atoms with Gasteiger partial charge in [0, 0.05) is 25.0 Å². The molecule has 2 heterocycles. The van der Waals surface area contributed by atoms with E-state index in [2.05, 4.69) is 35.6 Å². The van der Waals surface area contributed by atoms with E-state index in [-0.39, 0.29) is 38.8 Å². The largest absolute Gasteiger partial charge is 0.586 e. The average molecular weight is 505 g/mol. The molecule has 1 amide bonds. The maximum Gasteiger partial charge on any atom is 0.586 e. The summed E-state index contributed by atoms with van der Waals surface area (Å²) in [7, 11) is 0. The lowest BCUT2D eigenvalue weighted by Crippen LogP contribution is -2.28. The quantitative estimate of drug-likeness (QED) is 0.435. The summed E-state index contributed by atoms with van der Waals surface area (Å²) in [5.74, 6) is -0.334. The molecule has 0 spiro atoms. The molecule has 36 heavy (non-hydrogen) atoms. The van der Waals surface area contributed by atoms with E-state index in [1.54, 1.807) is 6.07 Å². The van der Waals surface area contributed by atoms with Crippen molar-refractivity contribution in [2.75, 3.05) is 11.9 Å². The van der Waals surface area contributed by atoms with Crippen molar-refractivity contribution in [1.29, 1.82) is 0 Å². The van der Waals surface area contributed by atoms with Crippen LogP contribution in [0.3, 0.4) is 0 Å².